The average Bonchev–Trinajstić information content (AvgIpc) is 3.68. The first-order chi connectivity index (χ1) is 17.3. The van der Waals surface area contributed by atoms with E-state index in [1.807, 2.05) is 66.7 Å². The van der Waals surface area contributed by atoms with Crippen molar-refractivity contribution in [1.29, 1.82) is 0 Å². The van der Waals surface area contributed by atoms with Gasteiger partial charge in [0.25, 0.3) is 0 Å². The van der Waals surface area contributed by atoms with Gasteiger partial charge in [-0.05, 0) is 62.2 Å². The summed E-state index contributed by atoms with van der Waals surface area (Å²) in [5.41, 5.74) is 11.6. The van der Waals surface area contributed by atoms with Crippen LogP contribution in [0.4, 0.5) is 11.4 Å². The fourth-order valence-electron chi connectivity index (χ4n) is 4.22. The van der Waals surface area contributed by atoms with Gasteiger partial charge < -0.3 is 15.2 Å². The molecule has 1 heterocycles. The topological polar surface area (TPSA) is 61.5 Å². The number of nitrogens with zero attached hydrogens (tertiary/aromatic N) is 1. The van der Waals surface area contributed by atoms with Crippen LogP contribution in [0.25, 0.3) is 6.08 Å². The molecule has 186 valence electrons. The summed E-state index contributed by atoms with van der Waals surface area (Å²) in [6, 6.07) is 19.0. The Balaban J connectivity index is 1.68. The molecule has 0 bridgehead atoms. The van der Waals surface area contributed by atoms with Crippen molar-refractivity contribution in [1.82, 2.24) is 4.48 Å². The Morgan fingerprint density at radius 3 is 2.42 bits per heavy atom. The average molecular weight is 504 g/mol. The zero-order valence-corrected chi connectivity index (χ0v) is 21.7. The van der Waals surface area contributed by atoms with Gasteiger partial charge >= 0.3 is 5.91 Å². The molecule has 3 aromatic carbocycles. The fourth-order valence-corrected chi connectivity index (χ4v) is 4.34. The van der Waals surface area contributed by atoms with Gasteiger partial charge in [-0.3, -0.25) is 0 Å². The second kappa shape index (κ2) is 11.0. The molecular formula is C30H32ClN2O3+. The molecule has 4 rings (SSSR count). The number of para-hydroxylation sites is 2. The number of anilines is 1. The lowest BCUT2D eigenvalue weighted by molar-refractivity contribution is -0.120. The third-order valence-corrected chi connectivity index (χ3v) is 6.63. The number of rotatable bonds is 9. The number of nitrogen functional groups attached to an aromatic ring is 1. The minimum Gasteiger partial charge on any atom is -0.496 e. The van der Waals surface area contributed by atoms with Gasteiger partial charge in [-0.2, -0.15) is 0 Å². The lowest BCUT2D eigenvalue weighted by Gasteiger charge is -2.18. The molecule has 1 fully saturated rings. The van der Waals surface area contributed by atoms with Crippen LogP contribution in [0.5, 0.6) is 11.5 Å². The van der Waals surface area contributed by atoms with Gasteiger partial charge in [0.2, 0.25) is 0 Å². The van der Waals surface area contributed by atoms with Crippen molar-refractivity contribution in [2.24, 2.45) is 0 Å². The zero-order chi connectivity index (χ0) is 25.7. The Hall–Kier alpha value is -3.54. The maximum Gasteiger partial charge on any atom is 0.344 e. The third-order valence-electron chi connectivity index (χ3n) is 6.37. The largest absolute Gasteiger partial charge is 0.496 e. The predicted octanol–water partition coefficient (Wildman–Crippen LogP) is 6.58. The minimum absolute atomic E-state index is 0.00165. The van der Waals surface area contributed by atoms with E-state index in [2.05, 4.69) is 19.9 Å². The van der Waals surface area contributed by atoms with Gasteiger partial charge in [-0.1, -0.05) is 47.5 Å². The first-order valence-corrected chi connectivity index (χ1v) is 12.4. The van der Waals surface area contributed by atoms with Crippen LogP contribution in [-0.2, 0) is 17.8 Å². The first-order valence-electron chi connectivity index (χ1n) is 12.0. The number of nitrogens with two attached hydrogens (primary N) is 1. The molecule has 0 spiro atoms. The summed E-state index contributed by atoms with van der Waals surface area (Å²) in [6.45, 7) is 5.97. The van der Waals surface area contributed by atoms with E-state index in [1.54, 1.807) is 13.2 Å². The number of hydrogen-bond acceptors (Lipinski definition) is 4. The predicted molar refractivity (Wildman–Crippen MR) is 148 cm³/mol. The number of carbonyl (C=O) groups excluding carboxylic acids is 1. The molecule has 2 N–H and O–H groups in total. The SMILES string of the molecule is COc1ccc(/C=C\C(=O)[N+]2(c3ccccc3N)CC2)c(OCc2ccc(Cl)cc2)c1CC=C(C)C. The van der Waals surface area contributed by atoms with Crippen LogP contribution in [0, 0.1) is 0 Å². The summed E-state index contributed by atoms with van der Waals surface area (Å²) < 4.78 is 12.3. The molecule has 0 aromatic heterocycles. The number of benzene rings is 3. The molecule has 0 atom stereocenters. The second-order valence-corrected chi connectivity index (χ2v) is 9.65. The van der Waals surface area contributed by atoms with Crippen LogP contribution in [0.2, 0.25) is 5.02 Å². The lowest BCUT2D eigenvalue weighted by Crippen LogP contribution is -2.33. The van der Waals surface area contributed by atoms with Crippen molar-refractivity contribution in [2.75, 3.05) is 25.9 Å². The van der Waals surface area contributed by atoms with Crippen LogP contribution in [0.15, 0.2) is 78.4 Å². The van der Waals surface area contributed by atoms with E-state index in [0.717, 1.165) is 41.2 Å². The molecule has 5 nitrogen and oxygen atoms in total. The maximum absolute atomic E-state index is 13.3. The Bertz CT molecular complexity index is 1300. The summed E-state index contributed by atoms with van der Waals surface area (Å²) in [7, 11) is 1.65. The quantitative estimate of drug-likeness (QED) is 0.118. The van der Waals surface area contributed by atoms with Crippen molar-refractivity contribution in [2.45, 2.75) is 26.9 Å². The number of halogens is 1. The van der Waals surface area contributed by atoms with Crippen LogP contribution >= 0.6 is 11.6 Å². The molecule has 36 heavy (non-hydrogen) atoms. The smallest absolute Gasteiger partial charge is 0.344 e. The molecule has 0 radical (unpaired) electrons. The molecule has 6 heteroatoms. The number of ether oxygens (including phenoxy) is 2. The highest BCUT2D eigenvalue weighted by molar-refractivity contribution is 6.30. The van der Waals surface area contributed by atoms with Crippen LogP contribution in [0.1, 0.15) is 30.5 Å². The number of hydrogen-bond donors (Lipinski definition) is 1. The van der Waals surface area contributed by atoms with Gasteiger partial charge in [-0.15, -0.1) is 0 Å². The third kappa shape index (κ3) is 5.64. The molecule has 0 aliphatic carbocycles. The van der Waals surface area contributed by atoms with Crippen molar-refractivity contribution in [3.63, 3.8) is 0 Å². The van der Waals surface area contributed by atoms with E-state index in [-0.39, 0.29) is 10.4 Å². The molecular weight excluding hydrogens is 472 g/mol. The van der Waals surface area contributed by atoms with Crippen molar-refractivity contribution in [3.05, 3.63) is 100 Å². The maximum atomic E-state index is 13.3. The molecule has 1 amide bonds. The Morgan fingerprint density at radius 1 is 1.06 bits per heavy atom. The van der Waals surface area contributed by atoms with Gasteiger partial charge in [0.1, 0.15) is 31.2 Å². The summed E-state index contributed by atoms with van der Waals surface area (Å²) >= 11 is 6.04. The monoisotopic (exact) mass is 503 g/mol. The van der Waals surface area contributed by atoms with Crippen LogP contribution in [-0.4, -0.2) is 26.1 Å². The van der Waals surface area contributed by atoms with E-state index >= 15 is 0 Å². The number of carbonyl (C=O) groups is 1. The molecule has 1 aliphatic rings. The van der Waals surface area contributed by atoms with Crippen LogP contribution < -0.4 is 19.7 Å². The van der Waals surface area contributed by atoms with E-state index in [0.29, 0.717) is 29.5 Å². The lowest BCUT2D eigenvalue weighted by atomic mass is 10.0. The zero-order valence-electron chi connectivity index (χ0n) is 21.0. The van der Waals surface area contributed by atoms with Crippen molar-refractivity contribution in [3.8, 4) is 11.5 Å². The molecule has 1 aliphatic heterocycles. The Morgan fingerprint density at radius 2 is 1.78 bits per heavy atom. The summed E-state index contributed by atoms with van der Waals surface area (Å²) in [6.07, 6.45) is 6.26. The van der Waals surface area contributed by atoms with Gasteiger partial charge in [0.05, 0.1) is 12.8 Å². The highest BCUT2D eigenvalue weighted by Crippen LogP contribution is 2.38. The number of allylic oxidation sites excluding steroid dienone is 2. The van der Waals surface area contributed by atoms with Crippen molar-refractivity contribution < 1.29 is 14.3 Å². The molecule has 3 aromatic rings. The molecule has 0 unspecified atom stereocenters. The number of methoxy groups -OCH3 is 1. The van der Waals surface area contributed by atoms with E-state index in [9.17, 15) is 4.79 Å². The molecule has 1 saturated heterocycles. The highest BCUT2D eigenvalue weighted by atomic mass is 35.5. The highest BCUT2D eigenvalue weighted by Gasteiger charge is 2.51. The van der Waals surface area contributed by atoms with E-state index < -0.39 is 0 Å². The molecule has 0 saturated carbocycles. The Kier molecular flexibility index (Phi) is 7.82. The van der Waals surface area contributed by atoms with Gasteiger partial charge in [0, 0.05) is 28.3 Å². The Labute approximate surface area is 218 Å². The second-order valence-electron chi connectivity index (χ2n) is 9.21. The minimum atomic E-state index is -0.00165. The van der Waals surface area contributed by atoms with Gasteiger partial charge in [0.15, 0.2) is 5.69 Å². The van der Waals surface area contributed by atoms with Gasteiger partial charge in [-0.25, -0.2) is 9.28 Å². The first kappa shape index (κ1) is 25.5. The number of quaternary nitrogens is 1. The van der Waals surface area contributed by atoms with Crippen LogP contribution in [0.3, 0.4) is 0 Å². The standard InChI is InChI=1S/C30H32ClN2O3/c1-21(2)8-15-25-28(35-3)16-11-23(30(25)36-20-22-9-13-24(31)14-10-22)12-17-29(34)33(18-19-33)27-7-5-4-6-26(27)32/h4-14,16-17H,15,18-20,32H2,1-3H3/q+1/b17-12-. The summed E-state index contributed by atoms with van der Waals surface area (Å²) in [5.74, 6) is 1.44. The van der Waals surface area contributed by atoms with Crippen molar-refractivity contribution >= 4 is 35.0 Å². The fraction of sp³-hybridized carbons (Fsp3) is 0.233. The van der Waals surface area contributed by atoms with E-state index in [1.165, 1.54) is 5.57 Å². The summed E-state index contributed by atoms with van der Waals surface area (Å²) in [5, 5.41) is 0.678. The summed E-state index contributed by atoms with van der Waals surface area (Å²) in [4.78, 5) is 13.3. The van der Waals surface area contributed by atoms with E-state index in [4.69, 9.17) is 26.8 Å². The number of amides is 1. The normalized spacial score (nSPS) is 13.9.